The van der Waals surface area contributed by atoms with Gasteiger partial charge < -0.3 is 9.64 Å². The molecule has 2 nitrogen and oxygen atoms in total. The summed E-state index contributed by atoms with van der Waals surface area (Å²) < 4.78 is 5.68. The Morgan fingerprint density at radius 3 is 2.16 bits per heavy atom. The van der Waals surface area contributed by atoms with Crippen LogP contribution in [0.5, 0.6) is 0 Å². The number of ether oxygens (including phenoxy) is 1. The lowest BCUT2D eigenvalue weighted by Gasteiger charge is -2.45. The molecule has 0 aromatic heterocycles. The first-order valence-electron chi connectivity index (χ1n) is 8.43. The Balaban J connectivity index is 2.83. The van der Waals surface area contributed by atoms with E-state index < -0.39 is 0 Å². The molecule has 0 radical (unpaired) electrons. The van der Waals surface area contributed by atoms with Crippen molar-refractivity contribution in [1.29, 1.82) is 0 Å². The Kier molecular flexibility index (Phi) is 8.01. The smallest absolute Gasteiger partial charge is 0.0533 e. The highest BCUT2D eigenvalue weighted by Crippen LogP contribution is 2.43. The van der Waals surface area contributed by atoms with Gasteiger partial charge in [-0.05, 0) is 38.3 Å². The Morgan fingerprint density at radius 1 is 1.05 bits per heavy atom. The van der Waals surface area contributed by atoms with Crippen LogP contribution in [0.3, 0.4) is 0 Å². The molecule has 2 heteroatoms. The number of hydrogen-bond acceptors (Lipinski definition) is 2. The second-order valence-electron chi connectivity index (χ2n) is 6.34. The fourth-order valence-corrected chi connectivity index (χ4v) is 4.04. The van der Waals surface area contributed by atoms with E-state index in [2.05, 4.69) is 25.7 Å². The van der Waals surface area contributed by atoms with Crippen LogP contribution in [0.4, 0.5) is 0 Å². The average molecular weight is 269 g/mol. The standard InChI is InChI=1S/C17H35NO/c1-5-13-17(15-19-4,14-18(6-2)7-3)16-11-9-8-10-12-16/h16H,5-15H2,1-4H3. The van der Waals surface area contributed by atoms with Gasteiger partial charge in [0.15, 0.2) is 0 Å². The molecule has 0 N–H and O–H groups in total. The summed E-state index contributed by atoms with van der Waals surface area (Å²) in [6.45, 7) is 11.4. The Hall–Kier alpha value is -0.0800. The largest absolute Gasteiger partial charge is 0.384 e. The van der Waals surface area contributed by atoms with Crippen molar-refractivity contribution < 1.29 is 4.74 Å². The van der Waals surface area contributed by atoms with Gasteiger partial charge in [-0.3, -0.25) is 0 Å². The summed E-state index contributed by atoms with van der Waals surface area (Å²) in [6.07, 6.45) is 9.74. The van der Waals surface area contributed by atoms with Gasteiger partial charge in [-0.1, -0.05) is 46.5 Å². The van der Waals surface area contributed by atoms with E-state index in [1.165, 1.54) is 64.6 Å². The summed E-state index contributed by atoms with van der Waals surface area (Å²) in [4.78, 5) is 2.60. The van der Waals surface area contributed by atoms with Crippen LogP contribution in [-0.4, -0.2) is 38.3 Å². The predicted molar refractivity (Wildman–Crippen MR) is 83.6 cm³/mol. The van der Waals surface area contributed by atoms with Gasteiger partial charge in [0.05, 0.1) is 6.61 Å². The van der Waals surface area contributed by atoms with Crippen LogP contribution in [0.25, 0.3) is 0 Å². The quantitative estimate of drug-likeness (QED) is 0.617. The zero-order valence-electron chi connectivity index (χ0n) is 13.7. The third-order valence-corrected chi connectivity index (χ3v) is 5.08. The maximum atomic E-state index is 5.68. The van der Waals surface area contributed by atoms with Crippen molar-refractivity contribution in [3.63, 3.8) is 0 Å². The average Bonchev–Trinajstić information content (AvgIpc) is 2.46. The fourth-order valence-electron chi connectivity index (χ4n) is 4.04. The molecule has 0 bridgehead atoms. The lowest BCUT2D eigenvalue weighted by molar-refractivity contribution is -0.0174. The molecule has 1 saturated carbocycles. The molecule has 1 rings (SSSR count). The van der Waals surface area contributed by atoms with Crippen LogP contribution in [0, 0.1) is 11.3 Å². The molecule has 0 spiro atoms. The fraction of sp³-hybridized carbons (Fsp3) is 1.00. The molecule has 19 heavy (non-hydrogen) atoms. The van der Waals surface area contributed by atoms with Gasteiger partial charge in [-0.2, -0.15) is 0 Å². The minimum absolute atomic E-state index is 0.399. The molecule has 1 unspecified atom stereocenters. The molecular weight excluding hydrogens is 234 g/mol. The Labute approximate surface area is 120 Å². The second kappa shape index (κ2) is 8.97. The molecule has 1 atom stereocenters. The Bertz CT molecular complexity index is 213. The molecule has 0 aromatic rings. The van der Waals surface area contributed by atoms with Gasteiger partial charge >= 0.3 is 0 Å². The van der Waals surface area contributed by atoms with Crippen molar-refractivity contribution in [3.8, 4) is 0 Å². The van der Waals surface area contributed by atoms with Crippen molar-refractivity contribution in [2.45, 2.75) is 65.7 Å². The molecule has 0 heterocycles. The summed E-state index contributed by atoms with van der Waals surface area (Å²) in [5.41, 5.74) is 0.399. The number of nitrogens with zero attached hydrogens (tertiary/aromatic N) is 1. The molecule has 0 aliphatic heterocycles. The van der Waals surface area contributed by atoms with Gasteiger partial charge in [0.25, 0.3) is 0 Å². The lowest BCUT2D eigenvalue weighted by Crippen LogP contribution is -2.46. The van der Waals surface area contributed by atoms with Crippen LogP contribution >= 0.6 is 0 Å². The number of hydrogen-bond donors (Lipinski definition) is 0. The lowest BCUT2D eigenvalue weighted by atomic mass is 9.66. The second-order valence-corrected chi connectivity index (χ2v) is 6.34. The Morgan fingerprint density at radius 2 is 1.68 bits per heavy atom. The molecule has 114 valence electrons. The van der Waals surface area contributed by atoms with Crippen molar-refractivity contribution in [1.82, 2.24) is 4.90 Å². The summed E-state index contributed by atoms with van der Waals surface area (Å²) >= 11 is 0. The van der Waals surface area contributed by atoms with E-state index in [-0.39, 0.29) is 0 Å². The van der Waals surface area contributed by atoms with Crippen LogP contribution in [0.1, 0.15) is 65.7 Å². The first-order valence-corrected chi connectivity index (χ1v) is 8.43. The zero-order valence-corrected chi connectivity index (χ0v) is 13.7. The summed E-state index contributed by atoms with van der Waals surface area (Å²) in [6, 6.07) is 0. The maximum Gasteiger partial charge on any atom is 0.0533 e. The first kappa shape index (κ1) is 17.0. The highest BCUT2D eigenvalue weighted by atomic mass is 16.5. The SMILES string of the molecule is CCCC(COC)(CN(CC)CC)C1CCCCC1. The van der Waals surface area contributed by atoms with E-state index in [4.69, 9.17) is 4.74 Å². The predicted octanol–water partition coefficient (Wildman–Crippen LogP) is 4.34. The summed E-state index contributed by atoms with van der Waals surface area (Å²) in [5, 5.41) is 0. The van der Waals surface area contributed by atoms with Gasteiger partial charge in [-0.15, -0.1) is 0 Å². The molecule has 1 aliphatic rings. The minimum Gasteiger partial charge on any atom is -0.384 e. The monoisotopic (exact) mass is 269 g/mol. The third kappa shape index (κ3) is 4.75. The number of rotatable bonds is 9. The normalized spacial score (nSPS) is 20.7. The van der Waals surface area contributed by atoms with E-state index >= 15 is 0 Å². The third-order valence-electron chi connectivity index (χ3n) is 5.08. The van der Waals surface area contributed by atoms with Gasteiger partial charge in [-0.25, -0.2) is 0 Å². The molecule has 0 aromatic carbocycles. The molecule has 1 aliphatic carbocycles. The first-order chi connectivity index (χ1) is 9.22. The highest BCUT2D eigenvalue weighted by molar-refractivity contribution is 4.90. The molecular formula is C17H35NO. The van der Waals surface area contributed by atoms with Crippen molar-refractivity contribution in [2.75, 3.05) is 33.4 Å². The van der Waals surface area contributed by atoms with Gasteiger partial charge in [0.2, 0.25) is 0 Å². The minimum atomic E-state index is 0.399. The number of methoxy groups -OCH3 is 1. The van der Waals surface area contributed by atoms with Crippen LogP contribution in [0.15, 0.2) is 0 Å². The zero-order chi connectivity index (χ0) is 14.1. The maximum absolute atomic E-state index is 5.68. The molecule has 0 amide bonds. The van der Waals surface area contributed by atoms with E-state index in [9.17, 15) is 0 Å². The van der Waals surface area contributed by atoms with Gasteiger partial charge in [0, 0.05) is 19.1 Å². The molecule has 0 saturated heterocycles. The van der Waals surface area contributed by atoms with Gasteiger partial charge in [0.1, 0.15) is 0 Å². The van der Waals surface area contributed by atoms with Crippen LogP contribution in [0.2, 0.25) is 0 Å². The van der Waals surface area contributed by atoms with Crippen LogP contribution in [-0.2, 0) is 4.74 Å². The van der Waals surface area contributed by atoms with Crippen molar-refractivity contribution >= 4 is 0 Å². The van der Waals surface area contributed by atoms with E-state index in [1.54, 1.807) is 0 Å². The summed E-state index contributed by atoms with van der Waals surface area (Å²) in [5.74, 6) is 0.877. The van der Waals surface area contributed by atoms with E-state index in [1.807, 2.05) is 7.11 Å². The van der Waals surface area contributed by atoms with E-state index in [0.29, 0.717) is 5.41 Å². The van der Waals surface area contributed by atoms with E-state index in [0.717, 1.165) is 12.5 Å². The summed E-state index contributed by atoms with van der Waals surface area (Å²) in [7, 11) is 1.88. The highest BCUT2D eigenvalue weighted by Gasteiger charge is 2.39. The van der Waals surface area contributed by atoms with Crippen molar-refractivity contribution in [2.24, 2.45) is 11.3 Å². The van der Waals surface area contributed by atoms with Crippen molar-refractivity contribution in [3.05, 3.63) is 0 Å². The topological polar surface area (TPSA) is 12.5 Å². The van der Waals surface area contributed by atoms with Crippen LogP contribution < -0.4 is 0 Å². The molecule has 1 fully saturated rings.